The van der Waals surface area contributed by atoms with E-state index in [-0.39, 0.29) is 18.8 Å². The van der Waals surface area contributed by atoms with Gasteiger partial charge in [0.1, 0.15) is 12.7 Å². The molecule has 1 fully saturated rings. The third-order valence-corrected chi connectivity index (χ3v) is 4.10. The number of carbonyl (C=O) groups is 2. The second-order valence-electron chi connectivity index (χ2n) is 5.67. The van der Waals surface area contributed by atoms with Gasteiger partial charge in [-0.15, -0.1) is 5.10 Å². The summed E-state index contributed by atoms with van der Waals surface area (Å²) in [6, 6.07) is 5.45. The summed E-state index contributed by atoms with van der Waals surface area (Å²) in [4.78, 5) is 26.7. The third kappa shape index (κ3) is 2.43. The molecular weight excluding hydrogens is 314 g/mol. The molecule has 0 radical (unpaired) electrons. The number of rotatable bonds is 3. The molecule has 9 heteroatoms. The molecule has 1 atom stereocenters. The molecule has 0 saturated carbocycles. The van der Waals surface area contributed by atoms with Crippen molar-refractivity contribution in [2.75, 3.05) is 23.4 Å². The van der Waals surface area contributed by atoms with E-state index < -0.39 is 6.09 Å². The first-order valence-electron chi connectivity index (χ1n) is 7.47. The summed E-state index contributed by atoms with van der Waals surface area (Å²) in [5.74, 6) is 0. The number of anilines is 2. The summed E-state index contributed by atoms with van der Waals surface area (Å²) in [6.07, 6.45) is 2.22. The Bertz CT molecular complexity index is 791. The minimum Gasteiger partial charge on any atom is -0.444 e. The number of aromatic nitrogens is 3. The average Bonchev–Trinajstić information content (AvgIpc) is 3.21. The molecule has 0 unspecified atom stereocenters. The first-order chi connectivity index (χ1) is 11.6. The van der Waals surface area contributed by atoms with E-state index in [0.717, 1.165) is 11.3 Å². The van der Waals surface area contributed by atoms with Crippen LogP contribution < -0.4 is 9.80 Å². The molecular formula is C15H15N5O4. The van der Waals surface area contributed by atoms with Crippen molar-refractivity contribution in [1.82, 2.24) is 15.0 Å². The lowest BCUT2D eigenvalue weighted by molar-refractivity contribution is 0.129. The van der Waals surface area contributed by atoms with Crippen LogP contribution in [0.15, 0.2) is 30.6 Å². The maximum Gasteiger partial charge on any atom is 0.414 e. The Morgan fingerprint density at radius 1 is 1.29 bits per heavy atom. The number of cyclic esters (lactones) is 2. The first kappa shape index (κ1) is 14.5. The predicted octanol–water partition coefficient (Wildman–Crippen LogP) is 1.39. The van der Waals surface area contributed by atoms with Gasteiger partial charge in [0.25, 0.3) is 0 Å². The molecule has 4 rings (SSSR count). The van der Waals surface area contributed by atoms with E-state index in [1.165, 1.54) is 4.90 Å². The number of carbonyl (C=O) groups excluding carboxylic acids is 2. The average molecular weight is 329 g/mol. The maximum absolute atomic E-state index is 12.2. The van der Waals surface area contributed by atoms with E-state index in [0.29, 0.717) is 18.8 Å². The topological polar surface area (TPSA) is 89.8 Å². The minimum absolute atomic E-state index is 0.192. The fourth-order valence-electron chi connectivity index (χ4n) is 2.88. The van der Waals surface area contributed by atoms with Gasteiger partial charge in [-0.05, 0) is 18.2 Å². The second-order valence-corrected chi connectivity index (χ2v) is 5.67. The number of benzene rings is 1. The van der Waals surface area contributed by atoms with Gasteiger partial charge in [-0.3, -0.25) is 9.80 Å². The Morgan fingerprint density at radius 3 is 2.96 bits per heavy atom. The Balaban J connectivity index is 1.54. The first-order valence-corrected chi connectivity index (χ1v) is 7.47. The van der Waals surface area contributed by atoms with Crippen molar-refractivity contribution >= 4 is 23.6 Å². The van der Waals surface area contributed by atoms with Crippen molar-refractivity contribution in [3.63, 3.8) is 0 Å². The summed E-state index contributed by atoms with van der Waals surface area (Å²) in [5, 5.41) is 7.61. The van der Waals surface area contributed by atoms with Crippen LogP contribution in [0.3, 0.4) is 0 Å². The van der Waals surface area contributed by atoms with Crippen LogP contribution in [-0.4, -0.2) is 46.9 Å². The molecule has 2 aromatic rings. The molecule has 24 heavy (non-hydrogen) atoms. The quantitative estimate of drug-likeness (QED) is 0.845. The van der Waals surface area contributed by atoms with Gasteiger partial charge in [0.2, 0.25) is 0 Å². The van der Waals surface area contributed by atoms with Crippen LogP contribution in [0.4, 0.5) is 21.0 Å². The molecule has 0 N–H and O–H groups in total. The molecule has 0 aliphatic carbocycles. The van der Waals surface area contributed by atoms with Crippen molar-refractivity contribution in [1.29, 1.82) is 0 Å². The van der Waals surface area contributed by atoms with Crippen LogP contribution in [0.5, 0.6) is 0 Å². The lowest BCUT2D eigenvalue weighted by Crippen LogP contribution is -2.32. The van der Waals surface area contributed by atoms with Crippen LogP contribution in [0.25, 0.3) is 0 Å². The fourth-order valence-corrected chi connectivity index (χ4v) is 2.88. The van der Waals surface area contributed by atoms with E-state index in [2.05, 4.69) is 10.3 Å². The van der Waals surface area contributed by atoms with E-state index >= 15 is 0 Å². The highest BCUT2D eigenvalue weighted by Crippen LogP contribution is 2.31. The Kier molecular flexibility index (Phi) is 3.33. The molecule has 0 spiro atoms. The van der Waals surface area contributed by atoms with Crippen LogP contribution in [0.1, 0.15) is 5.56 Å². The van der Waals surface area contributed by atoms with Crippen LogP contribution in [0, 0.1) is 0 Å². The highest BCUT2D eigenvalue weighted by atomic mass is 16.6. The van der Waals surface area contributed by atoms with Gasteiger partial charge >= 0.3 is 12.2 Å². The molecule has 1 aromatic carbocycles. The summed E-state index contributed by atoms with van der Waals surface area (Å²) >= 11 is 0. The Labute approximate surface area is 137 Å². The molecule has 3 heterocycles. The lowest BCUT2D eigenvalue weighted by Gasteiger charge is -2.26. The number of hydrogen-bond donors (Lipinski definition) is 0. The highest BCUT2D eigenvalue weighted by Gasteiger charge is 2.33. The standard InChI is InChI=1S/C15H15N5O4/c1-18-13-3-2-11(6-10(13)9-23-14(18)21)20-8-12(24-15(20)22)7-19-5-4-16-17-19/h2-6,12H,7-9H2,1H3/t12-/m0/s1. The molecule has 124 valence electrons. The zero-order valence-corrected chi connectivity index (χ0v) is 13.0. The van der Waals surface area contributed by atoms with Crippen molar-refractivity contribution in [3.8, 4) is 0 Å². The molecule has 1 saturated heterocycles. The Morgan fingerprint density at radius 2 is 2.17 bits per heavy atom. The van der Waals surface area contributed by atoms with Gasteiger partial charge < -0.3 is 9.47 Å². The number of nitrogens with zero attached hydrogens (tertiary/aromatic N) is 5. The van der Waals surface area contributed by atoms with Gasteiger partial charge in [0, 0.05) is 24.5 Å². The van der Waals surface area contributed by atoms with Gasteiger partial charge in [-0.25, -0.2) is 14.3 Å². The number of ether oxygens (including phenoxy) is 2. The zero-order chi connectivity index (χ0) is 16.7. The summed E-state index contributed by atoms with van der Waals surface area (Å²) in [6.45, 7) is 1.07. The van der Waals surface area contributed by atoms with Crippen LogP contribution in [0.2, 0.25) is 0 Å². The second kappa shape index (κ2) is 5.52. The molecule has 2 aliphatic heterocycles. The fraction of sp³-hybridized carbons (Fsp3) is 0.333. The third-order valence-electron chi connectivity index (χ3n) is 4.10. The van der Waals surface area contributed by atoms with E-state index in [9.17, 15) is 9.59 Å². The lowest BCUT2D eigenvalue weighted by atomic mass is 10.1. The van der Waals surface area contributed by atoms with Gasteiger partial charge in [0.15, 0.2) is 0 Å². The van der Waals surface area contributed by atoms with Gasteiger partial charge in [-0.1, -0.05) is 5.21 Å². The van der Waals surface area contributed by atoms with Crippen LogP contribution in [-0.2, 0) is 22.6 Å². The Hall–Kier alpha value is -3.10. The van der Waals surface area contributed by atoms with E-state index in [4.69, 9.17) is 9.47 Å². The number of fused-ring (bicyclic) bond motifs is 1. The highest BCUT2D eigenvalue weighted by molar-refractivity contribution is 5.93. The van der Waals surface area contributed by atoms with E-state index in [1.807, 2.05) is 12.1 Å². The summed E-state index contributed by atoms with van der Waals surface area (Å²) in [5.41, 5.74) is 2.34. The van der Waals surface area contributed by atoms with Crippen molar-refractivity contribution in [3.05, 3.63) is 36.2 Å². The van der Waals surface area contributed by atoms with Crippen molar-refractivity contribution in [2.24, 2.45) is 0 Å². The number of hydrogen-bond acceptors (Lipinski definition) is 6. The largest absolute Gasteiger partial charge is 0.444 e. The normalized spacial score (nSPS) is 20.0. The molecule has 0 bridgehead atoms. The smallest absolute Gasteiger partial charge is 0.414 e. The van der Waals surface area contributed by atoms with Gasteiger partial charge in [0.05, 0.1) is 25.0 Å². The molecule has 9 nitrogen and oxygen atoms in total. The van der Waals surface area contributed by atoms with Crippen LogP contribution >= 0.6 is 0 Å². The maximum atomic E-state index is 12.2. The minimum atomic E-state index is -0.402. The van der Waals surface area contributed by atoms with Crippen molar-refractivity contribution in [2.45, 2.75) is 19.3 Å². The molecule has 1 aromatic heterocycles. The van der Waals surface area contributed by atoms with Gasteiger partial charge in [-0.2, -0.15) is 0 Å². The molecule has 2 aliphatic rings. The predicted molar refractivity (Wildman–Crippen MR) is 82.7 cm³/mol. The zero-order valence-electron chi connectivity index (χ0n) is 13.0. The SMILES string of the molecule is CN1C(=O)OCc2cc(N3C[C@H](Cn4ccnn4)OC3=O)ccc21. The summed E-state index contributed by atoms with van der Waals surface area (Å²) in [7, 11) is 1.65. The van der Waals surface area contributed by atoms with Crippen molar-refractivity contribution < 1.29 is 19.1 Å². The number of amides is 2. The monoisotopic (exact) mass is 329 g/mol. The van der Waals surface area contributed by atoms with E-state index in [1.54, 1.807) is 35.1 Å². The summed E-state index contributed by atoms with van der Waals surface area (Å²) < 4.78 is 12.1. The molecule has 2 amide bonds.